The highest BCUT2D eigenvalue weighted by Gasteiger charge is 2.14. The van der Waals surface area contributed by atoms with Gasteiger partial charge in [-0.25, -0.2) is 4.39 Å². The molecule has 0 atom stereocenters. The van der Waals surface area contributed by atoms with Gasteiger partial charge in [0.05, 0.1) is 12.2 Å². The first-order valence-corrected chi connectivity index (χ1v) is 7.56. The molecule has 0 aliphatic heterocycles. The highest BCUT2D eigenvalue weighted by molar-refractivity contribution is 6.02. The highest BCUT2D eigenvalue weighted by atomic mass is 19.1. The Labute approximate surface area is 138 Å². The topological polar surface area (TPSA) is 51.5 Å². The predicted molar refractivity (Wildman–Crippen MR) is 89.7 cm³/mol. The van der Waals surface area contributed by atoms with Crippen molar-refractivity contribution in [1.82, 2.24) is 0 Å². The van der Waals surface area contributed by atoms with Gasteiger partial charge < -0.3 is 14.5 Å². The molecule has 0 unspecified atom stereocenters. The van der Waals surface area contributed by atoms with Gasteiger partial charge in [0.15, 0.2) is 5.76 Å². The van der Waals surface area contributed by atoms with Crippen molar-refractivity contribution < 1.29 is 18.3 Å². The van der Waals surface area contributed by atoms with E-state index >= 15 is 0 Å². The molecule has 0 bridgehead atoms. The molecule has 1 amide bonds. The van der Waals surface area contributed by atoms with Crippen molar-refractivity contribution >= 4 is 11.6 Å². The SMILES string of the molecule is CCOc1ccc(NC(=O)c2ccc(-c3ccccc3F)o2)cc1. The van der Waals surface area contributed by atoms with E-state index in [1.165, 1.54) is 12.1 Å². The Kier molecular flexibility index (Phi) is 4.61. The fourth-order valence-corrected chi connectivity index (χ4v) is 2.26. The molecule has 0 radical (unpaired) electrons. The van der Waals surface area contributed by atoms with Crippen molar-refractivity contribution in [3.8, 4) is 17.1 Å². The fourth-order valence-electron chi connectivity index (χ4n) is 2.26. The van der Waals surface area contributed by atoms with Crippen molar-refractivity contribution in [1.29, 1.82) is 0 Å². The number of hydrogen-bond acceptors (Lipinski definition) is 3. The second kappa shape index (κ2) is 7.00. The maximum atomic E-state index is 13.8. The Bertz CT molecular complexity index is 840. The lowest BCUT2D eigenvalue weighted by Crippen LogP contribution is -2.10. The van der Waals surface area contributed by atoms with Crippen LogP contribution in [0, 0.1) is 5.82 Å². The summed E-state index contributed by atoms with van der Waals surface area (Å²) in [5.41, 5.74) is 0.935. The number of rotatable bonds is 5. The monoisotopic (exact) mass is 325 g/mol. The summed E-state index contributed by atoms with van der Waals surface area (Å²) in [7, 11) is 0. The smallest absolute Gasteiger partial charge is 0.291 e. The minimum atomic E-state index is -0.401. The van der Waals surface area contributed by atoms with Gasteiger partial charge in [0.25, 0.3) is 5.91 Å². The first-order valence-electron chi connectivity index (χ1n) is 7.56. The summed E-state index contributed by atoms with van der Waals surface area (Å²) < 4.78 is 24.6. The standard InChI is InChI=1S/C19H16FNO3/c1-2-23-14-9-7-13(8-10-14)21-19(22)18-12-11-17(24-18)15-5-3-4-6-16(15)20/h3-12H,2H2,1H3,(H,21,22). The predicted octanol–water partition coefficient (Wildman–Crippen LogP) is 4.74. The van der Waals surface area contributed by atoms with Crippen LogP contribution >= 0.6 is 0 Å². The van der Waals surface area contributed by atoms with Gasteiger partial charge in [0, 0.05) is 5.69 Å². The molecule has 1 aromatic heterocycles. The van der Waals surface area contributed by atoms with Crippen LogP contribution in [-0.4, -0.2) is 12.5 Å². The molecule has 0 saturated carbocycles. The van der Waals surface area contributed by atoms with Crippen molar-refractivity contribution in [3.05, 3.63) is 72.2 Å². The van der Waals surface area contributed by atoms with Crippen LogP contribution in [0.3, 0.4) is 0 Å². The van der Waals surface area contributed by atoms with E-state index in [9.17, 15) is 9.18 Å². The number of hydrogen-bond donors (Lipinski definition) is 1. The summed E-state index contributed by atoms with van der Waals surface area (Å²) >= 11 is 0. The molecular formula is C19H16FNO3. The summed E-state index contributed by atoms with van der Waals surface area (Å²) in [5.74, 6) is 0.356. The Morgan fingerprint density at radius 2 is 1.83 bits per heavy atom. The van der Waals surface area contributed by atoms with E-state index < -0.39 is 11.7 Å². The van der Waals surface area contributed by atoms with Crippen LogP contribution in [0.2, 0.25) is 0 Å². The second-order valence-corrected chi connectivity index (χ2v) is 5.06. The molecule has 24 heavy (non-hydrogen) atoms. The number of amides is 1. The van der Waals surface area contributed by atoms with Crippen molar-refractivity contribution in [2.75, 3.05) is 11.9 Å². The third-order valence-corrected chi connectivity index (χ3v) is 3.39. The Morgan fingerprint density at radius 1 is 1.08 bits per heavy atom. The van der Waals surface area contributed by atoms with Crippen molar-refractivity contribution in [2.45, 2.75) is 6.92 Å². The second-order valence-electron chi connectivity index (χ2n) is 5.06. The summed E-state index contributed by atoms with van der Waals surface area (Å²) in [6, 6.07) is 16.4. The van der Waals surface area contributed by atoms with E-state index in [-0.39, 0.29) is 5.76 Å². The average Bonchev–Trinajstić information content (AvgIpc) is 3.07. The van der Waals surface area contributed by atoms with E-state index in [0.29, 0.717) is 23.6 Å². The number of carbonyl (C=O) groups excluding carboxylic acids is 1. The van der Waals surface area contributed by atoms with Crippen LogP contribution in [0.25, 0.3) is 11.3 Å². The average molecular weight is 325 g/mol. The highest BCUT2D eigenvalue weighted by Crippen LogP contribution is 2.25. The lowest BCUT2D eigenvalue weighted by atomic mass is 10.1. The Balaban J connectivity index is 1.73. The van der Waals surface area contributed by atoms with Gasteiger partial charge >= 0.3 is 0 Å². The van der Waals surface area contributed by atoms with Crippen LogP contribution in [0.5, 0.6) is 5.75 Å². The molecule has 0 saturated heterocycles. The maximum Gasteiger partial charge on any atom is 0.291 e. The third-order valence-electron chi connectivity index (χ3n) is 3.39. The van der Waals surface area contributed by atoms with Gasteiger partial charge in [-0.2, -0.15) is 0 Å². The van der Waals surface area contributed by atoms with Gasteiger partial charge in [-0.1, -0.05) is 12.1 Å². The number of halogens is 1. The summed E-state index contributed by atoms with van der Waals surface area (Å²) in [6.45, 7) is 2.48. The molecule has 3 rings (SSSR count). The zero-order chi connectivity index (χ0) is 16.9. The molecule has 0 fully saturated rings. The van der Waals surface area contributed by atoms with Gasteiger partial charge in [0.1, 0.15) is 17.3 Å². The number of carbonyl (C=O) groups is 1. The molecule has 122 valence electrons. The molecule has 4 nitrogen and oxygen atoms in total. The number of furan rings is 1. The van der Waals surface area contributed by atoms with Crippen molar-refractivity contribution in [3.63, 3.8) is 0 Å². The first-order chi connectivity index (χ1) is 11.7. The lowest BCUT2D eigenvalue weighted by Gasteiger charge is -2.06. The molecule has 2 aromatic carbocycles. The Hall–Kier alpha value is -3.08. The third kappa shape index (κ3) is 3.46. The van der Waals surface area contributed by atoms with E-state index in [1.807, 2.05) is 6.92 Å². The van der Waals surface area contributed by atoms with Crippen LogP contribution in [0.4, 0.5) is 10.1 Å². The van der Waals surface area contributed by atoms with Gasteiger partial charge in [0.2, 0.25) is 0 Å². The summed E-state index contributed by atoms with van der Waals surface area (Å²) in [5, 5.41) is 2.72. The first kappa shape index (κ1) is 15.8. The van der Waals surface area contributed by atoms with E-state index in [2.05, 4.69) is 5.32 Å². The minimum absolute atomic E-state index is 0.113. The summed E-state index contributed by atoms with van der Waals surface area (Å²) in [6.07, 6.45) is 0. The van der Waals surface area contributed by atoms with E-state index in [0.717, 1.165) is 5.75 Å². The molecule has 0 aliphatic carbocycles. The van der Waals surface area contributed by atoms with Gasteiger partial charge in [-0.15, -0.1) is 0 Å². The van der Waals surface area contributed by atoms with E-state index in [4.69, 9.17) is 9.15 Å². The lowest BCUT2D eigenvalue weighted by molar-refractivity contribution is 0.0997. The molecule has 3 aromatic rings. The molecular weight excluding hydrogens is 309 g/mol. The Morgan fingerprint density at radius 3 is 2.54 bits per heavy atom. The van der Waals surface area contributed by atoms with Crippen LogP contribution in [0.1, 0.15) is 17.5 Å². The van der Waals surface area contributed by atoms with E-state index in [1.54, 1.807) is 48.5 Å². The van der Waals surface area contributed by atoms with Gasteiger partial charge in [-0.05, 0) is 55.5 Å². The quantitative estimate of drug-likeness (QED) is 0.737. The molecule has 0 aliphatic rings. The molecule has 1 heterocycles. The number of nitrogens with one attached hydrogen (secondary N) is 1. The minimum Gasteiger partial charge on any atom is -0.494 e. The zero-order valence-electron chi connectivity index (χ0n) is 13.1. The normalized spacial score (nSPS) is 10.4. The number of ether oxygens (including phenoxy) is 1. The maximum absolute atomic E-state index is 13.8. The zero-order valence-corrected chi connectivity index (χ0v) is 13.1. The van der Waals surface area contributed by atoms with Crippen molar-refractivity contribution in [2.24, 2.45) is 0 Å². The van der Waals surface area contributed by atoms with Crippen LogP contribution in [0.15, 0.2) is 65.1 Å². The van der Waals surface area contributed by atoms with Crippen LogP contribution < -0.4 is 10.1 Å². The largest absolute Gasteiger partial charge is 0.494 e. The number of benzene rings is 2. The van der Waals surface area contributed by atoms with Gasteiger partial charge in [-0.3, -0.25) is 4.79 Å². The molecule has 0 spiro atoms. The number of anilines is 1. The molecule has 1 N–H and O–H groups in total. The fraction of sp³-hybridized carbons (Fsp3) is 0.105. The summed E-state index contributed by atoms with van der Waals surface area (Å²) in [4.78, 5) is 12.2. The molecule has 5 heteroatoms. The van der Waals surface area contributed by atoms with Crippen LogP contribution in [-0.2, 0) is 0 Å².